The molecule has 0 aromatic heterocycles. The predicted molar refractivity (Wildman–Crippen MR) is 99.0 cm³/mol. The Morgan fingerprint density at radius 1 is 1.26 bits per heavy atom. The Hall–Kier alpha value is -2.68. The number of amides is 2. The highest BCUT2D eigenvalue weighted by Crippen LogP contribution is 2.16. The van der Waals surface area contributed by atoms with E-state index in [2.05, 4.69) is 5.32 Å². The number of nitrogens with zero attached hydrogens (tertiary/aromatic N) is 1. The van der Waals surface area contributed by atoms with Gasteiger partial charge in [-0.15, -0.1) is 0 Å². The molecule has 2 rings (SSSR count). The minimum Gasteiger partial charge on any atom is -0.451 e. The monoisotopic (exact) mass is 394 g/mol. The maximum atomic E-state index is 12.3. The van der Waals surface area contributed by atoms with Crippen LogP contribution in [0.15, 0.2) is 36.0 Å². The van der Waals surface area contributed by atoms with Crippen LogP contribution >= 0.6 is 0 Å². The topological polar surface area (TPSA) is 110 Å². The molecule has 1 aromatic rings. The van der Waals surface area contributed by atoms with E-state index < -0.39 is 40.3 Å². The lowest BCUT2D eigenvalue weighted by Gasteiger charge is -2.23. The fraction of sp³-hybridized carbons (Fsp3) is 0.389. The van der Waals surface area contributed by atoms with Gasteiger partial charge < -0.3 is 15.0 Å². The number of ether oxygens (including phenoxy) is 1. The lowest BCUT2D eigenvalue weighted by atomic mass is 10.2. The van der Waals surface area contributed by atoms with Crippen LogP contribution in [0.4, 0.5) is 0 Å². The van der Waals surface area contributed by atoms with Crippen molar-refractivity contribution in [1.82, 2.24) is 10.2 Å². The standard InChI is InChI=1S/C18H22N2O6S/c1-13(21)19-16(10-14-6-4-3-5-7-14)18(23)26-11-17(22)20(2)15-8-9-27(24,25)12-15/h3-7,10,15H,8-9,11-12H2,1-2H3,(H,19,21)/b16-10-/t15-/m0/s1. The molecule has 1 saturated heterocycles. The summed E-state index contributed by atoms with van der Waals surface area (Å²) in [5.74, 6) is -1.86. The molecule has 1 heterocycles. The van der Waals surface area contributed by atoms with Gasteiger partial charge in [0.15, 0.2) is 16.4 Å². The highest BCUT2D eigenvalue weighted by atomic mass is 32.2. The van der Waals surface area contributed by atoms with Crippen LogP contribution in [0.5, 0.6) is 0 Å². The first-order valence-electron chi connectivity index (χ1n) is 8.35. The Balaban J connectivity index is 1.99. The second kappa shape index (κ2) is 8.81. The number of esters is 1. The first-order chi connectivity index (χ1) is 12.7. The van der Waals surface area contributed by atoms with Crippen molar-refractivity contribution in [1.29, 1.82) is 0 Å². The van der Waals surface area contributed by atoms with Gasteiger partial charge in [-0.05, 0) is 18.1 Å². The van der Waals surface area contributed by atoms with E-state index in [1.165, 1.54) is 24.9 Å². The molecule has 1 N–H and O–H groups in total. The zero-order chi connectivity index (χ0) is 20.0. The second-order valence-corrected chi connectivity index (χ2v) is 8.52. The van der Waals surface area contributed by atoms with Gasteiger partial charge in [-0.2, -0.15) is 0 Å². The van der Waals surface area contributed by atoms with Gasteiger partial charge in [0.2, 0.25) is 5.91 Å². The van der Waals surface area contributed by atoms with Crippen molar-refractivity contribution in [3.8, 4) is 0 Å². The predicted octanol–water partition coefficient (Wildman–Crippen LogP) is 0.352. The molecule has 0 radical (unpaired) electrons. The van der Waals surface area contributed by atoms with E-state index in [9.17, 15) is 22.8 Å². The molecule has 1 fully saturated rings. The Labute approximate surface area is 158 Å². The third-order valence-corrected chi connectivity index (χ3v) is 5.87. The largest absolute Gasteiger partial charge is 0.451 e. The van der Waals surface area contributed by atoms with Crippen LogP contribution in [0.1, 0.15) is 18.9 Å². The molecular weight excluding hydrogens is 372 g/mol. The molecule has 27 heavy (non-hydrogen) atoms. The molecule has 1 aromatic carbocycles. The molecule has 1 atom stereocenters. The molecule has 1 aliphatic rings. The normalized spacial score (nSPS) is 18.6. The minimum atomic E-state index is -3.13. The van der Waals surface area contributed by atoms with Crippen LogP contribution in [-0.2, 0) is 29.0 Å². The molecule has 8 nitrogen and oxygen atoms in total. The third-order valence-electron chi connectivity index (χ3n) is 4.12. The Morgan fingerprint density at radius 2 is 1.93 bits per heavy atom. The van der Waals surface area contributed by atoms with E-state index in [0.29, 0.717) is 12.0 Å². The molecule has 1 aliphatic heterocycles. The smallest absolute Gasteiger partial charge is 0.355 e. The van der Waals surface area contributed by atoms with Crippen molar-refractivity contribution in [3.63, 3.8) is 0 Å². The van der Waals surface area contributed by atoms with Crippen molar-refractivity contribution in [2.75, 3.05) is 25.2 Å². The highest BCUT2D eigenvalue weighted by Gasteiger charge is 2.33. The fourth-order valence-electron chi connectivity index (χ4n) is 2.64. The van der Waals surface area contributed by atoms with E-state index in [0.717, 1.165) is 0 Å². The van der Waals surface area contributed by atoms with Crippen molar-refractivity contribution in [3.05, 3.63) is 41.6 Å². The minimum absolute atomic E-state index is 0.0432. The molecule has 9 heteroatoms. The van der Waals surface area contributed by atoms with Gasteiger partial charge in [0.25, 0.3) is 5.91 Å². The molecular formula is C18H22N2O6S. The van der Waals surface area contributed by atoms with E-state index in [1.807, 2.05) is 6.07 Å². The lowest BCUT2D eigenvalue weighted by molar-refractivity contribution is -0.149. The fourth-order valence-corrected chi connectivity index (χ4v) is 4.42. The SMILES string of the molecule is CC(=O)N/C(=C\c1ccccc1)C(=O)OCC(=O)N(C)[C@H]1CCS(=O)(=O)C1. The number of benzene rings is 1. The second-order valence-electron chi connectivity index (χ2n) is 6.29. The number of hydrogen-bond donors (Lipinski definition) is 1. The molecule has 0 spiro atoms. The van der Waals surface area contributed by atoms with Crippen LogP contribution in [0, 0.1) is 0 Å². The molecule has 2 amide bonds. The summed E-state index contributed by atoms with van der Waals surface area (Å²) in [7, 11) is -1.64. The van der Waals surface area contributed by atoms with Gasteiger partial charge in [-0.1, -0.05) is 30.3 Å². The van der Waals surface area contributed by atoms with Gasteiger partial charge in [0, 0.05) is 20.0 Å². The van der Waals surface area contributed by atoms with E-state index in [-0.39, 0.29) is 17.2 Å². The number of sulfone groups is 1. The van der Waals surface area contributed by atoms with Crippen LogP contribution < -0.4 is 5.32 Å². The van der Waals surface area contributed by atoms with Gasteiger partial charge in [-0.25, -0.2) is 13.2 Å². The average Bonchev–Trinajstić information content (AvgIpc) is 2.98. The van der Waals surface area contributed by atoms with Crippen molar-refractivity contribution in [2.24, 2.45) is 0 Å². The number of rotatable bonds is 6. The number of nitrogens with one attached hydrogen (secondary N) is 1. The molecule has 146 valence electrons. The number of hydrogen-bond acceptors (Lipinski definition) is 6. The first-order valence-corrected chi connectivity index (χ1v) is 10.2. The molecule has 0 aliphatic carbocycles. The van der Waals surface area contributed by atoms with Crippen molar-refractivity contribution >= 4 is 33.7 Å². The zero-order valence-corrected chi connectivity index (χ0v) is 16.0. The molecule has 0 bridgehead atoms. The summed E-state index contributed by atoms with van der Waals surface area (Å²) in [5, 5.41) is 2.39. The Kier molecular flexibility index (Phi) is 6.73. The highest BCUT2D eigenvalue weighted by molar-refractivity contribution is 7.91. The van der Waals surface area contributed by atoms with Gasteiger partial charge in [0.05, 0.1) is 11.5 Å². The third kappa shape index (κ3) is 6.21. The van der Waals surface area contributed by atoms with E-state index in [4.69, 9.17) is 4.74 Å². The van der Waals surface area contributed by atoms with Gasteiger partial charge in [-0.3, -0.25) is 9.59 Å². The van der Waals surface area contributed by atoms with Crippen LogP contribution in [0.25, 0.3) is 6.08 Å². The zero-order valence-electron chi connectivity index (χ0n) is 15.2. The summed E-state index contributed by atoms with van der Waals surface area (Å²) in [5.41, 5.74) is 0.588. The maximum Gasteiger partial charge on any atom is 0.355 e. The first kappa shape index (κ1) is 20.6. The Morgan fingerprint density at radius 3 is 2.48 bits per heavy atom. The number of carbonyl (C=O) groups excluding carboxylic acids is 3. The summed E-state index contributed by atoms with van der Waals surface area (Å²) in [6, 6.07) is 8.43. The van der Waals surface area contributed by atoms with Crippen molar-refractivity contribution < 1.29 is 27.5 Å². The number of likely N-dealkylation sites (N-methyl/N-ethyl adjacent to an activating group) is 1. The molecule has 0 unspecified atom stereocenters. The summed E-state index contributed by atoms with van der Waals surface area (Å²) in [6.07, 6.45) is 1.81. The quantitative estimate of drug-likeness (QED) is 0.551. The summed E-state index contributed by atoms with van der Waals surface area (Å²) in [6.45, 7) is 0.711. The summed E-state index contributed by atoms with van der Waals surface area (Å²) >= 11 is 0. The maximum absolute atomic E-state index is 12.3. The van der Waals surface area contributed by atoms with Crippen molar-refractivity contribution in [2.45, 2.75) is 19.4 Å². The molecule has 0 saturated carbocycles. The number of carbonyl (C=O) groups is 3. The van der Waals surface area contributed by atoms with Crippen LogP contribution in [-0.4, -0.2) is 62.3 Å². The Bertz CT molecular complexity index is 848. The van der Waals surface area contributed by atoms with Crippen LogP contribution in [0.2, 0.25) is 0 Å². The van der Waals surface area contributed by atoms with E-state index in [1.54, 1.807) is 24.3 Å². The van der Waals surface area contributed by atoms with E-state index >= 15 is 0 Å². The average molecular weight is 394 g/mol. The van der Waals surface area contributed by atoms with Crippen LogP contribution in [0.3, 0.4) is 0 Å². The van der Waals surface area contributed by atoms with Gasteiger partial charge >= 0.3 is 5.97 Å². The summed E-state index contributed by atoms with van der Waals surface area (Å²) < 4.78 is 28.1. The summed E-state index contributed by atoms with van der Waals surface area (Å²) in [4.78, 5) is 37.1. The van der Waals surface area contributed by atoms with Gasteiger partial charge in [0.1, 0.15) is 5.70 Å². The lowest BCUT2D eigenvalue weighted by Crippen LogP contribution is -2.40.